The highest BCUT2D eigenvalue weighted by Crippen LogP contribution is 2.34. The third-order valence-corrected chi connectivity index (χ3v) is 3.51. The van der Waals surface area contributed by atoms with Crippen molar-refractivity contribution in [2.75, 3.05) is 11.9 Å². The second kappa shape index (κ2) is 5.57. The molecule has 1 aliphatic heterocycles. The van der Waals surface area contributed by atoms with Gasteiger partial charge >= 0.3 is 6.18 Å². The summed E-state index contributed by atoms with van der Waals surface area (Å²) in [6.07, 6.45) is -3.07. The van der Waals surface area contributed by atoms with Gasteiger partial charge in [-0.05, 0) is 44.9 Å². The molecule has 0 aromatic heterocycles. The molecule has 1 aromatic rings. The first-order valence-electron chi connectivity index (χ1n) is 6.73. The minimum absolute atomic E-state index is 0.0581. The van der Waals surface area contributed by atoms with Gasteiger partial charge in [-0.3, -0.25) is 0 Å². The molecule has 0 spiro atoms. The summed E-state index contributed by atoms with van der Waals surface area (Å²) in [6, 6.07) is 5.35. The largest absolute Gasteiger partial charge is 0.417 e. The minimum atomic E-state index is -4.53. The first-order valence-corrected chi connectivity index (χ1v) is 6.73. The van der Waals surface area contributed by atoms with Gasteiger partial charge in [0.05, 0.1) is 22.8 Å². The summed E-state index contributed by atoms with van der Waals surface area (Å²) < 4.78 is 44.3. The van der Waals surface area contributed by atoms with Crippen LogP contribution in [0.4, 0.5) is 18.9 Å². The Bertz CT molecular complexity index is 561. The molecule has 1 aliphatic rings. The molecule has 1 saturated heterocycles. The Balaban J connectivity index is 2.20. The summed E-state index contributed by atoms with van der Waals surface area (Å²) in [6.45, 7) is 4.49. The lowest BCUT2D eigenvalue weighted by Crippen LogP contribution is -2.40. The van der Waals surface area contributed by atoms with Gasteiger partial charge in [0.25, 0.3) is 0 Å². The van der Waals surface area contributed by atoms with Crippen molar-refractivity contribution in [2.45, 2.75) is 44.5 Å². The van der Waals surface area contributed by atoms with Gasteiger partial charge in [0.15, 0.2) is 0 Å². The van der Waals surface area contributed by atoms with Crippen LogP contribution in [0.3, 0.4) is 0 Å². The zero-order valence-electron chi connectivity index (χ0n) is 11.9. The average molecular weight is 298 g/mol. The van der Waals surface area contributed by atoms with Crippen LogP contribution in [0.2, 0.25) is 0 Å². The molecule has 3 nitrogen and oxygen atoms in total. The maximum absolute atomic E-state index is 12.9. The van der Waals surface area contributed by atoms with Gasteiger partial charge in [0.1, 0.15) is 0 Å². The van der Waals surface area contributed by atoms with Gasteiger partial charge in [0, 0.05) is 18.3 Å². The Hall–Kier alpha value is -1.74. The molecule has 0 bridgehead atoms. The summed E-state index contributed by atoms with van der Waals surface area (Å²) in [4.78, 5) is 0. The SMILES string of the molecule is CC1(C)CC(Nc2ccc(C#N)c(C(F)(F)F)c2)CCO1. The standard InChI is InChI=1S/C15H17F3N2O/c1-14(2)8-12(5-6-21-14)20-11-4-3-10(9-19)13(7-11)15(16,17)18/h3-4,7,12,20H,5-6,8H2,1-2H3. The number of nitrogens with one attached hydrogen (secondary N) is 1. The van der Waals surface area contributed by atoms with Crippen molar-refractivity contribution in [3.63, 3.8) is 0 Å². The summed E-state index contributed by atoms with van der Waals surface area (Å²) in [5.74, 6) is 0. The minimum Gasteiger partial charge on any atom is -0.382 e. The van der Waals surface area contributed by atoms with Crippen LogP contribution in [0.1, 0.15) is 37.8 Å². The molecule has 1 N–H and O–H groups in total. The second-order valence-electron chi connectivity index (χ2n) is 5.81. The number of hydrogen-bond donors (Lipinski definition) is 1. The quantitative estimate of drug-likeness (QED) is 0.899. The summed E-state index contributed by atoms with van der Waals surface area (Å²) in [5.41, 5.74) is -1.17. The normalized spacial score (nSPS) is 21.6. The van der Waals surface area contributed by atoms with Gasteiger partial charge in [0.2, 0.25) is 0 Å². The van der Waals surface area contributed by atoms with E-state index in [1.807, 2.05) is 13.8 Å². The van der Waals surface area contributed by atoms with Gasteiger partial charge in [-0.25, -0.2) is 0 Å². The Morgan fingerprint density at radius 3 is 2.67 bits per heavy atom. The summed E-state index contributed by atoms with van der Waals surface area (Å²) >= 11 is 0. The van der Waals surface area contributed by atoms with Crippen LogP contribution in [-0.4, -0.2) is 18.2 Å². The van der Waals surface area contributed by atoms with Crippen LogP contribution in [0.5, 0.6) is 0 Å². The first-order chi connectivity index (χ1) is 9.71. The molecule has 1 heterocycles. The number of rotatable bonds is 2. The zero-order chi connectivity index (χ0) is 15.7. The van der Waals surface area contributed by atoms with Crippen LogP contribution in [0, 0.1) is 11.3 Å². The maximum Gasteiger partial charge on any atom is 0.417 e. The fourth-order valence-corrected chi connectivity index (χ4v) is 2.56. The lowest BCUT2D eigenvalue weighted by Gasteiger charge is -2.36. The van der Waals surface area contributed by atoms with Crippen LogP contribution >= 0.6 is 0 Å². The molecule has 0 radical (unpaired) electrons. The number of anilines is 1. The Kier molecular flexibility index (Phi) is 4.15. The third-order valence-electron chi connectivity index (χ3n) is 3.51. The van der Waals surface area contributed by atoms with Crippen molar-refractivity contribution >= 4 is 5.69 Å². The van der Waals surface area contributed by atoms with Gasteiger partial charge in [-0.1, -0.05) is 0 Å². The molecule has 6 heteroatoms. The first kappa shape index (κ1) is 15.6. The van der Waals surface area contributed by atoms with E-state index in [9.17, 15) is 13.2 Å². The highest BCUT2D eigenvalue weighted by Gasteiger charge is 2.34. The van der Waals surface area contributed by atoms with Crippen molar-refractivity contribution in [1.82, 2.24) is 0 Å². The van der Waals surface area contributed by atoms with E-state index in [4.69, 9.17) is 10.00 Å². The lowest BCUT2D eigenvalue weighted by atomic mass is 9.93. The number of nitrogens with zero attached hydrogens (tertiary/aromatic N) is 1. The highest BCUT2D eigenvalue weighted by atomic mass is 19.4. The molecule has 1 atom stereocenters. The number of hydrogen-bond acceptors (Lipinski definition) is 3. The van der Waals surface area contributed by atoms with Gasteiger partial charge in [-0.2, -0.15) is 18.4 Å². The lowest BCUT2D eigenvalue weighted by molar-refractivity contribution is -0.137. The van der Waals surface area contributed by atoms with Crippen LogP contribution in [-0.2, 0) is 10.9 Å². The van der Waals surface area contributed by atoms with Crippen molar-refractivity contribution in [3.8, 4) is 6.07 Å². The average Bonchev–Trinajstić information content (AvgIpc) is 2.36. The van der Waals surface area contributed by atoms with E-state index in [0.717, 1.165) is 12.5 Å². The molecule has 21 heavy (non-hydrogen) atoms. The molecular formula is C15H17F3N2O. The number of nitriles is 1. The van der Waals surface area contributed by atoms with E-state index in [0.29, 0.717) is 18.7 Å². The molecule has 2 rings (SSSR count). The van der Waals surface area contributed by atoms with E-state index in [-0.39, 0.29) is 17.2 Å². The van der Waals surface area contributed by atoms with Crippen molar-refractivity contribution in [3.05, 3.63) is 29.3 Å². The van der Waals surface area contributed by atoms with E-state index < -0.39 is 11.7 Å². The molecule has 1 unspecified atom stereocenters. The Morgan fingerprint density at radius 2 is 2.10 bits per heavy atom. The van der Waals surface area contributed by atoms with Crippen LogP contribution in [0.15, 0.2) is 18.2 Å². The molecule has 0 aliphatic carbocycles. The summed E-state index contributed by atoms with van der Waals surface area (Å²) in [7, 11) is 0. The van der Waals surface area contributed by atoms with Crippen LogP contribution < -0.4 is 5.32 Å². The predicted molar refractivity (Wildman–Crippen MR) is 72.8 cm³/mol. The van der Waals surface area contributed by atoms with E-state index >= 15 is 0 Å². The number of benzene rings is 1. The van der Waals surface area contributed by atoms with E-state index in [2.05, 4.69) is 5.32 Å². The fourth-order valence-electron chi connectivity index (χ4n) is 2.56. The van der Waals surface area contributed by atoms with Gasteiger partial charge < -0.3 is 10.1 Å². The molecule has 0 saturated carbocycles. The molecule has 114 valence electrons. The van der Waals surface area contributed by atoms with E-state index in [1.165, 1.54) is 12.1 Å². The van der Waals surface area contributed by atoms with Crippen molar-refractivity contribution in [1.29, 1.82) is 5.26 Å². The molecule has 1 fully saturated rings. The fraction of sp³-hybridized carbons (Fsp3) is 0.533. The zero-order valence-corrected chi connectivity index (χ0v) is 11.9. The predicted octanol–water partition coefficient (Wildman–Crippen LogP) is 3.95. The smallest absolute Gasteiger partial charge is 0.382 e. The van der Waals surface area contributed by atoms with E-state index in [1.54, 1.807) is 6.07 Å². The van der Waals surface area contributed by atoms with Crippen molar-refractivity contribution in [2.24, 2.45) is 0 Å². The Morgan fingerprint density at radius 1 is 1.38 bits per heavy atom. The molecule has 0 amide bonds. The second-order valence-corrected chi connectivity index (χ2v) is 5.81. The summed E-state index contributed by atoms with van der Waals surface area (Å²) in [5, 5.41) is 11.9. The molecule has 1 aromatic carbocycles. The monoisotopic (exact) mass is 298 g/mol. The topological polar surface area (TPSA) is 45.0 Å². The maximum atomic E-state index is 12.9. The Labute approximate surface area is 121 Å². The highest BCUT2D eigenvalue weighted by molar-refractivity contribution is 5.53. The third kappa shape index (κ3) is 3.88. The number of alkyl halides is 3. The van der Waals surface area contributed by atoms with Crippen molar-refractivity contribution < 1.29 is 17.9 Å². The van der Waals surface area contributed by atoms with Gasteiger partial charge in [-0.15, -0.1) is 0 Å². The van der Waals surface area contributed by atoms with Crippen LogP contribution in [0.25, 0.3) is 0 Å². The number of ether oxygens (including phenoxy) is 1. The number of halogens is 3. The molecular weight excluding hydrogens is 281 g/mol.